The van der Waals surface area contributed by atoms with Crippen LogP contribution in [0.5, 0.6) is 11.5 Å². The molecule has 23 heavy (non-hydrogen) atoms. The number of thiazole rings is 1. The van der Waals surface area contributed by atoms with Gasteiger partial charge in [-0.05, 0) is 30.3 Å². The van der Waals surface area contributed by atoms with Gasteiger partial charge in [0.2, 0.25) is 0 Å². The Morgan fingerprint density at radius 3 is 2.70 bits per heavy atom. The second-order valence-corrected chi connectivity index (χ2v) is 5.83. The SMILES string of the molecule is COc1ccc(OC)c(C(=O)OCc2nc3ccccc3s2)c1. The van der Waals surface area contributed by atoms with Crippen molar-refractivity contribution in [2.45, 2.75) is 6.61 Å². The molecule has 0 saturated carbocycles. The molecule has 3 rings (SSSR count). The van der Waals surface area contributed by atoms with Crippen molar-refractivity contribution in [2.75, 3.05) is 14.2 Å². The molecule has 0 saturated heterocycles. The number of benzene rings is 2. The van der Waals surface area contributed by atoms with Crippen molar-refractivity contribution in [3.8, 4) is 11.5 Å². The number of rotatable bonds is 5. The van der Waals surface area contributed by atoms with Crippen LogP contribution in [0.3, 0.4) is 0 Å². The van der Waals surface area contributed by atoms with E-state index in [1.54, 1.807) is 18.2 Å². The minimum Gasteiger partial charge on any atom is -0.497 e. The molecule has 0 atom stereocenters. The van der Waals surface area contributed by atoms with E-state index in [9.17, 15) is 4.79 Å². The van der Waals surface area contributed by atoms with Crippen molar-refractivity contribution in [2.24, 2.45) is 0 Å². The fraction of sp³-hybridized carbons (Fsp3) is 0.176. The predicted octanol–water partition coefficient (Wildman–Crippen LogP) is 3.67. The molecule has 2 aromatic carbocycles. The summed E-state index contributed by atoms with van der Waals surface area (Å²) in [6, 6.07) is 12.8. The average Bonchev–Trinajstić information content (AvgIpc) is 3.02. The number of carbonyl (C=O) groups is 1. The maximum absolute atomic E-state index is 12.3. The number of fused-ring (bicyclic) bond motifs is 1. The van der Waals surface area contributed by atoms with E-state index in [1.165, 1.54) is 25.6 Å². The van der Waals surface area contributed by atoms with Gasteiger partial charge >= 0.3 is 5.97 Å². The summed E-state index contributed by atoms with van der Waals surface area (Å²) >= 11 is 1.51. The van der Waals surface area contributed by atoms with E-state index in [0.717, 1.165) is 15.2 Å². The highest BCUT2D eigenvalue weighted by Crippen LogP contribution is 2.26. The zero-order chi connectivity index (χ0) is 16.2. The molecule has 0 spiro atoms. The maximum atomic E-state index is 12.3. The monoisotopic (exact) mass is 329 g/mol. The standard InChI is InChI=1S/C17H15NO4S/c1-20-11-7-8-14(21-2)12(9-11)17(19)22-10-16-18-13-5-3-4-6-15(13)23-16/h3-9H,10H2,1-2H3. The number of ether oxygens (including phenoxy) is 3. The Bertz CT molecular complexity index is 810. The number of para-hydroxylation sites is 1. The number of carbonyl (C=O) groups excluding carboxylic acids is 1. The number of hydrogen-bond acceptors (Lipinski definition) is 6. The Morgan fingerprint density at radius 1 is 1.13 bits per heavy atom. The molecule has 0 aliphatic heterocycles. The summed E-state index contributed by atoms with van der Waals surface area (Å²) in [5.41, 5.74) is 1.23. The van der Waals surface area contributed by atoms with E-state index in [0.29, 0.717) is 17.1 Å². The zero-order valence-electron chi connectivity index (χ0n) is 12.7. The number of hydrogen-bond donors (Lipinski definition) is 0. The quantitative estimate of drug-likeness (QED) is 0.669. The van der Waals surface area contributed by atoms with Crippen LogP contribution in [0.1, 0.15) is 15.4 Å². The van der Waals surface area contributed by atoms with Crippen LogP contribution in [0, 0.1) is 0 Å². The highest BCUT2D eigenvalue weighted by Gasteiger charge is 2.16. The molecule has 118 valence electrons. The Balaban J connectivity index is 1.76. The van der Waals surface area contributed by atoms with Gasteiger partial charge in [0.05, 0.1) is 24.4 Å². The highest BCUT2D eigenvalue weighted by molar-refractivity contribution is 7.18. The summed E-state index contributed by atoms with van der Waals surface area (Å²) in [5, 5.41) is 0.751. The second-order valence-electron chi connectivity index (χ2n) is 4.72. The van der Waals surface area contributed by atoms with Gasteiger partial charge in [0.1, 0.15) is 28.7 Å². The summed E-state index contributed by atoms with van der Waals surface area (Å²) in [7, 11) is 3.05. The van der Waals surface area contributed by atoms with E-state index in [4.69, 9.17) is 14.2 Å². The predicted molar refractivity (Wildman–Crippen MR) is 88.3 cm³/mol. The molecule has 0 N–H and O–H groups in total. The molecule has 3 aromatic rings. The zero-order valence-corrected chi connectivity index (χ0v) is 13.6. The van der Waals surface area contributed by atoms with Crippen LogP contribution in [0.15, 0.2) is 42.5 Å². The van der Waals surface area contributed by atoms with Crippen molar-refractivity contribution in [3.63, 3.8) is 0 Å². The van der Waals surface area contributed by atoms with Crippen molar-refractivity contribution in [1.82, 2.24) is 4.98 Å². The molecule has 0 aliphatic carbocycles. The van der Waals surface area contributed by atoms with Crippen LogP contribution in [0.2, 0.25) is 0 Å². The lowest BCUT2D eigenvalue weighted by Gasteiger charge is -2.09. The molecule has 0 amide bonds. The van der Waals surface area contributed by atoms with E-state index < -0.39 is 5.97 Å². The fourth-order valence-corrected chi connectivity index (χ4v) is 3.04. The topological polar surface area (TPSA) is 57.7 Å². The van der Waals surface area contributed by atoms with Gasteiger partial charge in [-0.15, -0.1) is 11.3 Å². The molecular weight excluding hydrogens is 314 g/mol. The van der Waals surface area contributed by atoms with Crippen LogP contribution in [0.4, 0.5) is 0 Å². The van der Waals surface area contributed by atoms with Gasteiger partial charge in [-0.3, -0.25) is 0 Å². The van der Waals surface area contributed by atoms with Gasteiger partial charge in [0, 0.05) is 0 Å². The molecule has 1 aromatic heterocycles. The van der Waals surface area contributed by atoms with Gasteiger partial charge in [0.25, 0.3) is 0 Å². The molecule has 5 nitrogen and oxygen atoms in total. The normalized spacial score (nSPS) is 10.5. The number of aromatic nitrogens is 1. The van der Waals surface area contributed by atoms with E-state index in [1.807, 2.05) is 24.3 Å². The van der Waals surface area contributed by atoms with Gasteiger partial charge in [-0.1, -0.05) is 12.1 Å². The van der Waals surface area contributed by atoms with Crippen LogP contribution >= 0.6 is 11.3 Å². The third-order valence-corrected chi connectivity index (χ3v) is 4.30. The minimum absolute atomic E-state index is 0.124. The Morgan fingerprint density at radius 2 is 1.96 bits per heavy atom. The van der Waals surface area contributed by atoms with Crippen molar-refractivity contribution >= 4 is 27.5 Å². The first-order chi connectivity index (χ1) is 11.2. The molecule has 1 heterocycles. The highest BCUT2D eigenvalue weighted by atomic mass is 32.1. The van der Waals surface area contributed by atoms with E-state index >= 15 is 0 Å². The lowest BCUT2D eigenvalue weighted by molar-refractivity contribution is 0.0468. The first-order valence-corrected chi connectivity index (χ1v) is 7.76. The lowest BCUT2D eigenvalue weighted by Crippen LogP contribution is -2.07. The molecule has 6 heteroatoms. The molecule has 0 aliphatic rings. The summed E-state index contributed by atoms with van der Waals surface area (Å²) in [6.07, 6.45) is 0. The lowest BCUT2D eigenvalue weighted by atomic mass is 10.2. The summed E-state index contributed by atoms with van der Waals surface area (Å²) < 4.78 is 16.8. The third kappa shape index (κ3) is 3.27. The van der Waals surface area contributed by atoms with E-state index in [-0.39, 0.29) is 6.61 Å². The summed E-state index contributed by atoms with van der Waals surface area (Å²) in [5.74, 6) is 0.540. The van der Waals surface area contributed by atoms with Gasteiger partial charge in [-0.2, -0.15) is 0 Å². The first-order valence-electron chi connectivity index (χ1n) is 6.95. The van der Waals surface area contributed by atoms with Crippen LogP contribution in [0.25, 0.3) is 10.2 Å². The smallest absolute Gasteiger partial charge is 0.342 e. The van der Waals surface area contributed by atoms with Crippen molar-refractivity contribution < 1.29 is 19.0 Å². The van der Waals surface area contributed by atoms with Crippen molar-refractivity contribution in [1.29, 1.82) is 0 Å². The van der Waals surface area contributed by atoms with Crippen molar-refractivity contribution in [3.05, 3.63) is 53.0 Å². The molecule has 0 bridgehead atoms. The number of methoxy groups -OCH3 is 2. The maximum Gasteiger partial charge on any atom is 0.342 e. The largest absolute Gasteiger partial charge is 0.497 e. The van der Waals surface area contributed by atoms with Gasteiger partial charge < -0.3 is 14.2 Å². The van der Waals surface area contributed by atoms with Gasteiger partial charge in [0.15, 0.2) is 0 Å². The van der Waals surface area contributed by atoms with Gasteiger partial charge in [-0.25, -0.2) is 9.78 Å². The number of esters is 1. The van der Waals surface area contributed by atoms with Crippen LogP contribution in [-0.4, -0.2) is 25.2 Å². The third-order valence-electron chi connectivity index (χ3n) is 3.29. The fourth-order valence-electron chi connectivity index (χ4n) is 2.16. The Labute approximate surface area is 137 Å². The Hall–Kier alpha value is -2.60. The summed E-state index contributed by atoms with van der Waals surface area (Å²) in [6.45, 7) is 0.124. The Kier molecular flexibility index (Phi) is 4.43. The first kappa shape index (κ1) is 15.3. The molecule has 0 radical (unpaired) electrons. The van der Waals surface area contributed by atoms with Crippen LogP contribution in [-0.2, 0) is 11.3 Å². The van der Waals surface area contributed by atoms with E-state index in [2.05, 4.69) is 4.98 Å². The minimum atomic E-state index is -0.472. The molecule has 0 unspecified atom stereocenters. The average molecular weight is 329 g/mol. The summed E-state index contributed by atoms with van der Waals surface area (Å²) in [4.78, 5) is 16.7. The van der Waals surface area contributed by atoms with Crippen LogP contribution < -0.4 is 9.47 Å². The number of nitrogens with zero attached hydrogens (tertiary/aromatic N) is 1. The molecule has 0 fully saturated rings. The second kappa shape index (κ2) is 6.66. The molecular formula is C17H15NO4S.